The summed E-state index contributed by atoms with van der Waals surface area (Å²) in [6, 6.07) is 43.1. The fourth-order valence-electron chi connectivity index (χ4n) is 12.8. The van der Waals surface area contributed by atoms with Gasteiger partial charge in [-0.05, 0) is 80.2 Å². The van der Waals surface area contributed by atoms with Crippen LogP contribution in [0.15, 0.2) is 121 Å². The van der Waals surface area contributed by atoms with Crippen molar-refractivity contribution in [3.63, 3.8) is 0 Å². The predicted molar refractivity (Wildman–Crippen MR) is 283 cm³/mol. The molecular weight excluding hydrogens is 905 g/mol. The molecule has 0 spiro atoms. The molecule has 4 bridgehead atoms. The zero-order chi connectivity index (χ0) is 49.6. The topological polar surface area (TPSA) is 89.5 Å². The van der Waals surface area contributed by atoms with Crippen molar-refractivity contribution in [2.75, 3.05) is 0 Å². The van der Waals surface area contributed by atoms with Gasteiger partial charge < -0.3 is 27.8 Å². The van der Waals surface area contributed by atoms with Crippen molar-refractivity contribution in [3.8, 4) is 0 Å². The van der Waals surface area contributed by atoms with Gasteiger partial charge in [0.1, 0.15) is 12.2 Å². The fourth-order valence-corrected chi connectivity index (χ4v) is 22.4. The SMILES string of the molecule is C[C@H]1[C@@H]2CC(=O)O[C@H]([C@@H]3C[C@H]3C)C[C@@H]3C[C@H](O[Si](c4ccccc4)(c4ccccc4)C(C)(C)C)[C@@H](C)[C@H](CC(=O)O[C@H]([C@@H]4C[C@H]4C)C[C@H](C[C@@H]1O[Si](c1ccccc1)(c1ccccc1)C(C)(C)C)O2)O3. The number of benzene rings is 4. The van der Waals surface area contributed by atoms with Gasteiger partial charge in [0, 0.05) is 24.7 Å². The van der Waals surface area contributed by atoms with E-state index in [1.807, 2.05) is 0 Å². The van der Waals surface area contributed by atoms with Crippen molar-refractivity contribution >= 4 is 49.3 Å². The summed E-state index contributed by atoms with van der Waals surface area (Å²) in [5, 5.41) is 4.40. The number of carbonyl (C=O) groups is 2. The highest BCUT2D eigenvalue weighted by molar-refractivity contribution is 7.00. The van der Waals surface area contributed by atoms with Crippen LogP contribution in [0, 0.1) is 35.5 Å². The van der Waals surface area contributed by atoms with Crippen LogP contribution in [0.5, 0.6) is 0 Å². The van der Waals surface area contributed by atoms with Gasteiger partial charge in [-0.25, -0.2) is 0 Å². The van der Waals surface area contributed by atoms with Crippen LogP contribution in [0.1, 0.15) is 121 Å². The van der Waals surface area contributed by atoms with Crippen LogP contribution in [0.3, 0.4) is 0 Å². The Labute approximate surface area is 421 Å². The summed E-state index contributed by atoms with van der Waals surface area (Å²) in [5.74, 6) is 0.612. The van der Waals surface area contributed by atoms with E-state index in [2.05, 4.69) is 191 Å². The molecule has 10 heteroatoms. The molecule has 4 aromatic rings. The minimum atomic E-state index is -2.98. The average Bonchev–Trinajstić information content (AvgIpc) is 4.26. The summed E-state index contributed by atoms with van der Waals surface area (Å²) in [7, 11) is -5.97. The predicted octanol–water partition coefficient (Wildman–Crippen LogP) is 10.2. The fraction of sp³-hybridized carbons (Fsp3) is 0.567. The molecule has 0 unspecified atom stereocenters. The van der Waals surface area contributed by atoms with Gasteiger partial charge >= 0.3 is 11.9 Å². The van der Waals surface area contributed by atoms with Gasteiger partial charge in [0.15, 0.2) is 0 Å². The van der Waals surface area contributed by atoms with Crippen LogP contribution < -0.4 is 20.7 Å². The van der Waals surface area contributed by atoms with Crippen molar-refractivity contribution in [3.05, 3.63) is 121 Å². The van der Waals surface area contributed by atoms with Gasteiger partial charge in [-0.2, -0.15) is 0 Å². The maximum atomic E-state index is 14.7. The second kappa shape index (κ2) is 20.5. The van der Waals surface area contributed by atoms with Crippen LogP contribution in [-0.2, 0) is 37.4 Å². The first kappa shape index (κ1) is 51.0. The largest absolute Gasteiger partial charge is 0.462 e. The van der Waals surface area contributed by atoms with Gasteiger partial charge in [0.2, 0.25) is 0 Å². The smallest absolute Gasteiger partial charge is 0.308 e. The first-order valence-corrected chi connectivity index (χ1v) is 30.5. The van der Waals surface area contributed by atoms with Crippen molar-refractivity contribution in [2.45, 2.75) is 180 Å². The maximum Gasteiger partial charge on any atom is 0.308 e. The molecule has 3 heterocycles. The second-order valence-electron chi connectivity index (χ2n) is 24.1. The molecule has 0 amide bonds. The quantitative estimate of drug-likeness (QED) is 0.115. The second-order valence-corrected chi connectivity index (χ2v) is 32.6. The van der Waals surface area contributed by atoms with E-state index in [9.17, 15) is 9.59 Å². The Morgan fingerprint density at radius 2 is 0.714 bits per heavy atom. The highest BCUT2D eigenvalue weighted by Crippen LogP contribution is 2.49. The molecule has 2 saturated carbocycles. The standard InChI is InChI=1S/C60H80O8Si2/c1-39-31-49(39)55-35-43-33-53(67-69(59(5,6)7,45-23-15-11-16-24-45)46-25-17-12-18-26-46)42(4)52(63-43)38-58(62)66-56(50-32-40(50)2)36-44-34-54(41(3)51(64-44)37-57(61)65-55)68-70(60(8,9)10,47-27-19-13-20-28-47)48-29-21-14-22-30-48/h11-30,39-44,49-56H,31-38H2,1-10H3/t39-,40-,41+,42+,43+,44+,49-,50-,51+,52+,53+,54+,55+,56+/m1/s1. The molecule has 2 aliphatic carbocycles. The summed E-state index contributed by atoms with van der Waals surface area (Å²) in [6.07, 6.45) is 1.91. The van der Waals surface area contributed by atoms with Gasteiger partial charge in [-0.3, -0.25) is 9.59 Å². The summed E-state index contributed by atoms with van der Waals surface area (Å²) >= 11 is 0. The normalized spacial score (nSPS) is 33.4. The van der Waals surface area contributed by atoms with E-state index in [0.29, 0.717) is 37.5 Å². The Hall–Kier alpha value is -3.91. The molecule has 3 aliphatic heterocycles. The molecule has 4 aromatic carbocycles. The first-order chi connectivity index (χ1) is 33.4. The van der Waals surface area contributed by atoms with Crippen molar-refractivity contribution in [1.29, 1.82) is 0 Å². The minimum absolute atomic E-state index is 0.116. The summed E-state index contributed by atoms with van der Waals surface area (Å²) < 4.78 is 43.4. The molecule has 70 heavy (non-hydrogen) atoms. The molecule has 0 aromatic heterocycles. The lowest BCUT2D eigenvalue weighted by Gasteiger charge is -2.50. The van der Waals surface area contributed by atoms with Gasteiger partial charge in [0.25, 0.3) is 16.6 Å². The van der Waals surface area contributed by atoms with Gasteiger partial charge in [-0.15, -0.1) is 0 Å². The lowest BCUT2D eigenvalue weighted by Crippen LogP contribution is -2.69. The van der Waals surface area contributed by atoms with Crippen molar-refractivity contribution < 1.29 is 37.4 Å². The van der Waals surface area contributed by atoms with E-state index in [0.717, 1.165) is 12.8 Å². The number of fused-ring (bicyclic) bond motifs is 4. The Kier molecular flexibility index (Phi) is 15.0. The molecular formula is C60H80O8Si2. The third-order valence-corrected chi connectivity index (χ3v) is 27.3. The molecule has 14 atom stereocenters. The number of ether oxygens (including phenoxy) is 4. The highest BCUT2D eigenvalue weighted by atomic mass is 28.4. The zero-order valence-corrected chi connectivity index (χ0v) is 45.6. The van der Waals surface area contributed by atoms with E-state index in [1.165, 1.54) is 20.7 Å². The molecule has 0 N–H and O–H groups in total. The number of hydrogen-bond donors (Lipinski definition) is 0. The zero-order valence-electron chi connectivity index (χ0n) is 43.6. The van der Waals surface area contributed by atoms with E-state index in [4.69, 9.17) is 27.8 Å². The van der Waals surface area contributed by atoms with Crippen LogP contribution in [-0.4, -0.2) is 77.4 Å². The molecule has 376 valence electrons. The van der Waals surface area contributed by atoms with Gasteiger partial charge in [-0.1, -0.05) is 191 Å². The molecule has 9 rings (SSSR count). The van der Waals surface area contributed by atoms with E-state index in [1.54, 1.807) is 0 Å². The average molecular weight is 985 g/mol. The van der Waals surface area contributed by atoms with Crippen LogP contribution in [0.25, 0.3) is 0 Å². The van der Waals surface area contributed by atoms with Crippen molar-refractivity contribution in [2.24, 2.45) is 35.5 Å². The molecule has 0 radical (unpaired) electrons. The van der Waals surface area contributed by atoms with E-state index < -0.39 is 28.8 Å². The summed E-state index contributed by atoms with van der Waals surface area (Å²) in [6.45, 7) is 22.7. The molecule has 3 saturated heterocycles. The van der Waals surface area contributed by atoms with Crippen LogP contribution in [0.4, 0.5) is 0 Å². The van der Waals surface area contributed by atoms with E-state index in [-0.39, 0.29) is 95.2 Å². The highest BCUT2D eigenvalue weighted by Gasteiger charge is 2.56. The minimum Gasteiger partial charge on any atom is -0.462 e. The summed E-state index contributed by atoms with van der Waals surface area (Å²) in [4.78, 5) is 29.3. The molecule has 5 fully saturated rings. The number of carbonyl (C=O) groups excluding carboxylic acids is 2. The molecule has 5 aliphatic rings. The number of esters is 2. The lowest BCUT2D eigenvalue weighted by molar-refractivity contribution is -0.182. The maximum absolute atomic E-state index is 14.7. The number of cyclic esters (lactones) is 2. The lowest BCUT2D eigenvalue weighted by atomic mass is 9.86. The Balaban J connectivity index is 1.06. The summed E-state index contributed by atoms with van der Waals surface area (Å²) in [5.41, 5.74) is 0. The van der Waals surface area contributed by atoms with Crippen LogP contribution in [0.2, 0.25) is 10.1 Å². The third kappa shape index (κ3) is 10.5. The van der Waals surface area contributed by atoms with Crippen LogP contribution >= 0.6 is 0 Å². The monoisotopic (exact) mass is 985 g/mol. The molecule has 8 nitrogen and oxygen atoms in total. The third-order valence-electron chi connectivity index (χ3n) is 17.2. The Bertz CT molecular complexity index is 2120. The first-order valence-electron chi connectivity index (χ1n) is 26.7. The Morgan fingerprint density at radius 3 is 0.971 bits per heavy atom. The van der Waals surface area contributed by atoms with E-state index >= 15 is 0 Å². The Morgan fingerprint density at radius 1 is 0.429 bits per heavy atom. The number of rotatable bonds is 10. The van der Waals surface area contributed by atoms with Gasteiger partial charge in [0.05, 0.1) is 49.5 Å². The number of hydrogen-bond acceptors (Lipinski definition) is 8. The van der Waals surface area contributed by atoms with Crippen molar-refractivity contribution in [1.82, 2.24) is 0 Å².